The van der Waals surface area contributed by atoms with Crippen LogP contribution in [0.2, 0.25) is 0 Å². The SMILES string of the molecule is Fc1cccc(-c2cccc(C(Cl)(Cl)Cl)c2)c1. The lowest BCUT2D eigenvalue weighted by Crippen LogP contribution is -1.99. The molecule has 0 radical (unpaired) electrons. The Morgan fingerprint density at radius 1 is 0.824 bits per heavy atom. The molecule has 0 aliphatic heterocycles. The summed E-state index contributed by atoms with van der Waals surface area (Å²) in [6.45, 7) is 0. The van der Waals surface area contributed by atoms with Crippen LogP contribution in [0.5, 0.6) is 0 Å². The van der Waals surface area contributed by atoms with Gasteiger partial charge in [-0.2, -0.15) is 0 Å². The Morgan fingerprint density at radius 3 is 2.00 bits per heavy atom. The molecule has 0 saturated heterocycles. The summed E-state index contributed by atoms with van der Waals surface area (Å²) in [6, 6.07) is 13.4. The van der Waals surface area contributed by atoms with Crippen molar-refractivity contribution in [2.75, 3.05) is 0 Å². The molecule has 2 rings (SSSR count). The quantitative estimate of drug-likeness (QED) is 0.623. The molecule has 2 aromatic rings. The van der Waals surface area contributed by atoms with Crippen LogP contribution < -0.4 is 0 Å². The molecule has 0 unspecified atom stereocenters. The lowest BCUT2D eigenvalue weighted by Gasteiger charge is -2.12. The molecule has 4 heteroatoms. The zero-order valence-electron chi connectivity index (χ0n) is 8.63. The highest BCUT2D eigenvalue weighted by Gasteiger charge is 2.22. The summed E-state index contributed by atoms with van der Waals surface area (Å²) in [4.78, 5) is 0. The van der Waals surface area contributed by atoms with E-state index in [1.807, 2.05) is 6.07 Å². The molecule has 2 aromatic carbocycles. The molecule has 17 heavy (non-hydrogen) atoms. The molecule has 0 fully saturated rings. The molecular weight excluding hydrogens is 282 g/mol. The molecule has 0 N–H and O–H groups in total. The Morgan fingerprint density at radius 2 is 1.41 bits per heavy atom. The average Bonchev–Trinajstić information content (AvgIpc) is 2.28. The molecule has 0 amide bonds. The van der Waals surface area contributed by atoms with Crippen molar-refractivity contribution in [1.82, 2.24) is 0 Å². The predicted molar refractivity (Wildman–Crippen MR) is 71.1 cm³/mol. The molecule has 0 saturated carbocycles. The van der Waals surface area contributed by atoms with Crippen LogP contribution in [0.15, 0.2) is 48.5 Å². The van der Waals surface area contributed by atoms with E-state index in [1.165, 1.54) is 12.1 Å². The summed E-state index contributed by atoms with van der Waals surface area (Å²) in [6.07, 6.45) is 0. The first-order valence-electron chi connectivity index (χ1n) is 4.90. The van der Waals surface area contributed by atoms with E-state index in [-0.39, 0.29) is 5.82 Å². The minimum Gasteiger partial charge on any atom is -0.207 e. The van der Waals surface area contributed by atoms with Gasteiger partial charge in [-0.05, 0) is 29.3 Å². The summed E-state index contributed by atoms with van der Waals surface area (Å²) in [5.41, 5.74) is 2.12. The summed E-state index contributed by atoms with van der Waals surface area (Å²) in [5.74, 6) is -0.290. The number of halogens is 4. The second-order valence-electron chi connectivity index (χ2n) is 3.59. The second kappa shape index (κ2) is 4.85. The molecule has 0 aromatic heterocycles. The molecule has 0 aliphatic carbocycles. The van der Waals surface area contributed by atoms with Gasteiger partial charge in [0.2, 0.25) is 3.79 Å². The molecule has 88 valence electrons. The fourth-order valence-electron chi connectivity index (χ4n) is 1.54. The monoisotopic (exact) mass is 288 g/mol. The Bertz CT molecular complexity index is 532. The first-order valence-corrected chi connectivity index (χ1v) is 6.03. The van der Waals surface area contributed by atoms with Gasteiger partial charge < -0.3 is 0 Å². The largest absolute Gasteiger partial charge is 0.216 e. The predicted octanol–water partition coefficient (Wildman–Crippen LogP) is 5.32. The maximum absolute atomic E-state index is 13.1. The normalized spacial score (nSPS) is 11.5. The van der Waals surface area contributed by atoms with Crippen molar-refractivity contribution in [3.8, 4) is 11.1 Å². The van der Waals surface area contributed by atoms with Gasteiger partial charge >= 0.3 is 0 Å². The van der Waals surface area contributed by atoms with E-state index in [0.29, 0.717) is 5.56 Å². The van der Waals surface area contributed by atoms with Crippen molar-refractivity contribution in [3.63, 3.8) is 0 Å². The highest BCUT2D eigenvalue weighted by atomic mass is 35.6. The molecule has 0 nitrogen and oxygen atoms in total. The fourth-order valence-corrected chi connectivity index (χ4v) is 1.90. The minimum atomic E-state index is -1.47. The Hall–Kier alpha value is -0.760. The molecular formula is C13H8Cl3F. The summed E-state index contributed by atoms with van der Waals surface area (Å²) in [5, 5.41) is 0. The highest BCUT2D eigenvalue weighted by Crippen LogP contribution is 2.39. The first-order chi connectivity index (χ1) is 7.97. The van der Waals surface area contributed by atoms with Gasteiger partial charge in [0.1, 0.15) is 5.82 Å². The van der Waals surface area contributed by atoms with E-state index in [4.69, 9.17) is 34.8 Å². The maximum atomic E-state index is 13.1. The van der Waals surface area contributed by atoms with E-state index in [0.717, 1.165) is 11.1 Å². The molecule has 0 atom stereocenters. The number of rotatable bonds is 1. The number of benzene rings is 2. The van der Waals surface area contributed by atoms with Crippen LogP contribution in [0.3, 0.4) is 0 Å². The second-order valence-corrected chi connectivity index (χ2v) is 5.87. The van der Waals surface area contributed by atoms with Gasteiger partial charge in [-0.3, -0.25) is 0 Å². The van der Waals surface area contributed by atoms with E-state index in [9.17, 15) is 4.39 Å². The Kier molecular flexibility index (Phi) is 3.62. The summed E-state index contributed by atoms with van der Waals surface area (Å²) >= 11 is 17.4. The lowest BCUT2D eigenvalue weighted by atomic mass is 10.0. The van der Waals surface area contributed by atoms with Gasteiger partial charge in [0.05, 0.1) is 0 Å². The standard InChI is InChI=1S/C13H8Cl3F/c14-13(15,16)11-5-1-3-9(7-11)10-4-2-6-12(17)8-10/h1-8H. The van der Waals surface area contributed by atoms with E-state index < -0.39 is 3.79 Å². The van der Waals surface area contributed by atoms with Crippen LogP contribution in [-0.2, 0) is 3.79 Å². The third kappa shape index (κ3) is 3.12. The smallest absolute Gasteiger partial charge is 0.207 e. The Labute approximate surface area is 114 Å². The van der Waals surface area contributed by atoms with Crippen molar-refractivity contribution in [3.05, 3.63) is 59.9 Å². The van der Waals surface area contributed by atoms with Gasteiger partial charge in [0, 0.05) is 5.56 Å². The number of alkyl halides is 3. The Balaban J connectivity index is 2.47. The van der Waals surface area contributed by atoms with Gasteiger partial charge in [-0.25, -0.2) is 4.39 Å². The number of hydrogen-bond donors (Lipinski definition) is 0. The van der Waals surface area contributed by atoms with Crippen molar-refractivity contribution in [2.45, 2.75) is 3.79 Å². The minimum absolute atomic E-state index is 0.290. The van der Waals surface area contributed by atoms with Crippen LogP contribution in [-0.4, -0.2) is 0 Å². The first kappa shape index (κ1) is 12.7. The van der Waals surface area contributed by atoms with Crippen molar-refractivity contribution >= 4 is 34.8 Å². The summed E-state index contributed by atoms with van der Waals surface area (Å²) in [7, 11) is 0. The van der Waals surface area contributed by atoms with Crippen LogP contribution >= 0.6 is 34.8 Å². The van der Waals surface area contributed by atoms with Gasteiger partial charge in [0.15, 0.2) is 0 Å². The zero-order chi connectivity index (χ0) is 12.5. The van der Waals surface area contributed by atoms with Gasteiger partial charge in [-0.15, -0.1) is 0 Å². The lowest BCUT2D eigenvalue weighted by molar-refractivity contribution is 0.628. The maximum Gasteiger partial charge on any atom is 0.216 e. The van der Waals surface area contributed by atoms with E-state index >= 15 is 0 Å². The molecule has 0 bridgehead atoms. The molecule has 0 aliphatic rings. The molecule has 0 spiro atoms. The van der Waals surface area contributed by atoms with Gasteiger partial charge in [-0.1, -0.05) is 65.1 Å². The van der Waals surface area contributed by atoms with Crippen LogP contribution in [0.1, 0.15) is 5.56 Å². The van der Waals surface area contributed by atoms with Crippen LogP contribution in [0.25, 0.3) is 11.1 Å². The number of hydrogen-bond acceptors (Lipinski definition) is 0. The highest BCUT2D eigenvalue weighted by molar-refractivity contribution is 6.66. The van der Waals surface area contributed by atoms with E-state index in [1.54, 1.807) is 30.3 Å². The van der Waals surface area contributed by atoms with Crippen LogP contribution in [0.4, 0.5) is 4.39 Å². The van der Waals surface area contributed by atoms with E-state index in [2.05, 4.69) is 0 Å². The zero-order valence-corrected chi connectivity index (χ0v) is 10.9. The van der Waals surface area contributed by atoms with Crippen molar-refractivity contribution in [2.24, 2.45) is 0 Å². The average molecular weight is 290 g/mol. The topological polar surface area (TPSA) is 0 Å². The van der Waals surface area contributed by atoms with Crippen LogP contribution in [0, 0.1) is 5.82 Å². The van der Waals surface area contributed by atoms with Crippen molar-refractivity contribution < 1.29 is 4.39 Å². The van der Waals surface area contributed by atoms with Crippen molar-refractivity contribution in [1.29, 1.82) is 0 Å². The third-order valence-electron chi connectivity index (χ3n) is 2.35. The van der Waals surface area contributed by atoms with Gasteiger partial charge in [0.25, 0.3) is 0 Å². The molecule has 0 heterocycles. The summed E-state index contributed by atoms with van der Waals surface area (Å²) < 4.78 is 11.6. The third-order valence-corrected chi connectivity index (χ3v) is 3.00. The fraction of sp³-hybridized carbons (Fsp3) is 0.0769.